The van der Waals surface area contributed by atoms with Crippen LogP contribution in [0.4, 0.5) is 9.80 Å². The lowest BCUT2D eigenvalue weighted by Crippen LogP contribution is -2.36. The second kappa shape index (κ2) is 12.1. The highest BCUT2D eigenvalue weighted by atomic mass is 28.4. The van der Waals surface area contributed by atoms with Crippen molar-refractivity contribution in [3.8, 4) is 0 Å². The van der Waals surface area contributed by atoms with E-state index in [0.29, 0.717) is 24.9 Å². The molecule has 4 atom stereocenters. The number of anilines is 1. The molecule has 198 valence electrons. The van der Waals surface area contributed by atoms with Crippen LogP contribution in [0.15, 0.2) is 60.8 Å². The van der Waals surface area contributed by atoms with Crippen molar-refractivity contribution in [2.24, 2.45) is 5.92 Å². The number of aromatic nitrogens is 3. The number of amides is 1. The molecule has 4 rings (SSSR count). The van der Waals surface area contributed by atoms with Crippen molar-refractivity contribution in [2.75, 3.05) is 11.9 Å². The van der Waals surface area contributed by atoms with E-state index in [1.54, 1.807) is 29.9 Å². The van der Waals surface area contributed by atoms with Gasteiger partial charge in [0.05, 0.1) is 17.9 Å². The number of nitrogens with zero attached hydrogens (tertiary/aromatic N) is 3. The maximum Gasteiger partial charge on any atom is 0.255 e. The standard InChI is InChI=1S/C28H37FN4O3Si/c1-20-25(14-11-21-9-12-23(13-10-21)30-28(35)22-7-5-4-6-8-22)36-26(27(20)37(2,3)29)15-17-33-19-24(16-18-34)31-32-33/h4-10,12-13,19-20,25-27,34H,11,14-18H2,1-3H3,(H,30,35)/t20-,25+,26-,27+/m0/s1. The minimum absolute atomic E-state index is 0.00400. The van der Waals surface area contributed by atoms with Gasteiger partial charge in [0.25, 0.3) is 5.91 Å². The fourth-order valence-corrected chi connectivity index (χ4v) is 8.04. The van der Waals surface area contributed by atoms with Crippen LogP contribution in [0.2, 0.25) is 18.6 Å². The summed E-state index contributed by atoms with van der Waals surface area (Å²) >= 11 is 0. The molecule has 1 aliphatic rings. The van der Waals surface area contributed by atoms with Gasteiger partial charge in [-0.2, -0.15) is 0 Å². The molecule has 7 nitrogen and oxygen atoms in total. The van der Waals surface area contributed by atoms with Crippen LogP contribution in [0.25, 0.3) is 0 Å². The Hall–Kier alpha value is -2.88. The van der Waals surface area contributed by atoms with Crippen LogP contribution in [-0.2, 0) is 24.1 Å². The second-order valence-corrected chi connectivity index (χ2v) is 14.2. The third-order valence-corrected chi connectivity index (χ3v) is 9.74. The van der Waals surface area contributed by atoms with Gasteiger partial charge in [0, 0.05) is 42.6 Å². The zero-order valence-corrected chi connectivity index (χ0v) is 22.8. The fourth-order valence-electron chi connectivity index (χ4n) is 5.44. The van der Waals surface area contributed by atoms with Crippen molar-refractivity contribution in [3.63, 3.8) is 0 Å². The van der Waals surface area contributed by atoms with E-state index in [1.165, 1.54) is 0 Å². The van der Waals surface area contributed by atoms with E-state index in [1.807, 2.05) is 48.7 Å². The first kappa shape index (κ1) is 27.2. The van der Waals surface area contributed by atoms with Gasteiger partial charge in [0.1, 0.15) is 0 Å². The Morgan fingerprint density at radius 1 is 1.08 bits per heavy atom. The smallest absolute Gasteiger partial charge is 0.255 e. The first-order valence-electron chi connectivity index (χ1n) is 13.0. The summed E-state index contributed by atoms with van der Waals surface area (Å²) in [5.41, 5.74) is 3.21. The van der Waals surface area contributed by atoms with Gasteiger partial charge in [-0.15, -0.1) is 5.10 Å². The molecule has 1 amide bonds. The molecule has 37 heavy (non-hydrogen) atoms. The number of hydrogen-bond donors (Lipinski definition) is 2. The van der Waals surface area contributed by atoms with Crippen LogP contribution >= 0.6 is 0 Å². The third-order valence-electron chi connectivity index (χ3n) is 7.26. The number of ether oxygens (including phenoxy) is 1. The Balaban J connectivity index is 1.33. The third kappa shape index (κ3) is 7.12. The lowest BCUT2D eigenvalue weighted by molar-refractivity contribution is 0.0247. The number of hydrogen-bond acceptors (Lipinski definition) is 5. The summed E-state index contributed by atoms with van der Waals surface area (Å²) < 4.78 is 23.6. The van der Waals surface area contributed by atoms with Crippen molar-refractivity contribution in [1.29, 1.82) is 0 Å². The summed E-state index contributed by atoms with van der Waals surface area (Å²) in [6.45, 7) is 6.34. The van der Waals surface area contributed by atoms with E-state index in [2.05, 4.69) is 22.6 Å². The Morgan fingerprint density at radius 3 is 2.49 bits per heavy atom. The number of nitrogens with one attached hydrogen (secondary N) is 1. The highest BCUT2D eigenvalue weighted by Gasteiger charge is 2.50. The van der Waals surface area contributed by atoms with Crippen LogP contribution in [0.3, 0.4) is 0 Å². The molecular weight excluding hydrogens is 487 g/mol. The largest absolute Gasteiger partial charge is 0.396 e. The molecule has 9 heteroatoms. The Morgan fingerprint density at radius 2 is 1.81 bits per heavy atom. The van der Waals surface area contributed by atoms with Crippen molar-refractivity contribution >= 4 is 20.0 Å². The van der Waals surface area contributed by atoms with Crippen LogP contribution in [0, 0.1) is 5.92 Å². The van der Waals surface area contributed by atoms with Crippen molar-refractivity contribution < 1.29 is 18.7 Å². The Bertz CT molecular complexity index is 1150. The molecule has 2 N–H and O–H groups in total. The lowest BCUT2D eigenvalue weighted by atomic mass is 9.95. The summed E-state index contributed by atoms with van der Waals surface area (Å²) in [6.07, 6.45) is 4.49. The van der Waals surface area contributed by atoms with E-state index < -0.39 is 8.41 Å². The van der Waals surface area contributed by atoms with Gasteiger partial charge in [0.15, 0.2) is 0 Å². The highest BCUT2D eigenvalue weighted by Crippen LogP contribution is 2.47. The molecular formula is C28H37FN4O3Si. The van der Waals surface area contributed by atoms with E-state index >= 15 is 4.11 Å². The minimum Gasteiger partial charge on any atom is -0.396 e. The molecule has 0 spiro atoms. The van der Waals surface area contributed by atoms with E-state index in [9.17, 15) is 4.79 Å². The van der Waals surface area contributed by atoms with Gasteiger partial charge in [-0.1, -0.05) is 42.5 Å². The number of benzene rings is 2. The monoisotopic (exact) mass is 524 g/mol. The lowest BCUT2D eigenvalue weighted by Gasteiger charge is -2.28. The topological polar surface area (TPSA) is 89.3 Å². The number of aliphatic hydroxyl groups excluding tert-OH is 1. The zero-order valence-electron chi connectivity index (χ0n) is 21.8. The molecule has 1 aromatic heterocycles. The molecule has 0 aliphatic carbocycles. The maximum atomic E-state index is 15.4. The molecule has 3 aromatic rings. The van der Waals surface area contributed by atoms with Crippen molar-refractivity contribution in [1.82, 2.24) is 15.0 Å². The first-order valence-corrected chi connectivity index (χ1v) is 16.0. The zero-order chi connectivity index (χ0) is 26.4. The van der Waals surface area contributed by atoms with Gasteiger partial charge in [-0.05, 0) is 68.1 Å². The predicted octanol–water partition coefficient (Wildman–Crippen LogP) is 5.04. The fraction of sp³-hybridized carbons (Fsp3) is 0.464. The van der Waals surface area contributed by atoms with Crippen LogP contribution < -0.4 is 5.32 Å². The number of halogens is 1. The number of carbonyl (C=O) groups excluding carboxylic acids is 1. The molecule has 0 unspecified atom stereocenters. The van der Waals surface area contributed by atoms with E-state index in [0.717, 1.165) is 29.8 Å². The Labute approximate surface area is 219 Å². The summed E-state index contributed by atoms with van der Waals surface area (Å²) in [5.74, 6) is 0.00827. The molecule has 0 saturated carbocycles. The van der Waals surface area contributed by atoms with Gasteiger partial charge >= 0.3 is 0 Å². The highest BCUT2D eigenvalue weighted by molar-refractivity contribution is 6.72. The van der Waals surface area contributed by atoms with Crippen LogP contribution in [0.5, 0.6) is 0 Å². The average molecular weight is 525 g/mol. The van der Waals surface area contributed by atoms with Crippen molar-refractivity contribution in [3.05, 3.63) is 77.6 Å². The molecule has 1 fully saturated rings. The molecule has 1 saturated heterocycles. The number of aliphatic hydroxyl groups is 1. The first-order chi connectivity index (χ1) is 17.7. The number of rotatable bonds is 11. The van der Waals surface area contributed by atoms with Gasteiger partial charge in [-0.25, -0.2) is 0 Å². The second-order valence-electron chi connectivity index (χ2n) is 10.5. The van der Waals surface area contributed by atoms with Gasteiger partial charge < -0.3 is 19.3 Å². The summed E-state index contributed by atoms with van der Waals surface area (Å²) in [6, 6.07) is 17.0. The number of aryl methyl sites for hydroxylation is 2. The molecule has 0 bridgehead atoms. The molecule has 2 aromatic carbocycles. The van der Waals surface area contributed by atoms with Gasteiger partial charge in [-0.3, -0.25) is 9.48 Å². The molecule has 2 heterocycles. The Kier molecular flexibility index (Phi) is 8.89. The van der Waals surface area contributed by atoms with Crippen LogP contribution in [-0.4, -0.2) is 53.2 Å². The summed E-state index contributed by atoms with van der Waals surface area (Å²) in [5, 5.41) is 20.2. The summed E-state index contributed by atoms with van der Waals surface area (Å²) in [4.78, 5) is 12.4. The SMILES string of the molecule is C[C@@H]1[C@@H]([Si](C)(C)F)[C@H](CCn2cc(CCO)nn2)O[C@@H]1CCc1ccc(NC(=O)c2ccccc2)cc1. The summed E-state index contributed by atoms with van der Waals surface area (Å²) in [7, 11) is -2.94. The minimum atomic E-state index is -2.94. The number of carbonyl (C=O) groups is 1. The maximum absolute atomic E-state index is 15.4. The average Bonchev–Trinajstić information content (AvgIpc) is 3.46. The van der Waals surface area contributed by atoms with E-state index in [4.69, 9.17) is 9.84 Å². The quantitative estimate of drug-likeness (QED) is 0.271. The molecule has 0 radical (unpaired) electrons. The van der Waals surface area contributed by atoms with Gasteiger partial charge in [0.2, 0.25) is 8.41 Å². The van der Waals surface area contributed by atoms with Crippen LogP contribution in [0.1, 0.15) is 41.4 Å². The molecule has 1 aliphatic heterocycles. The van der Waals surface area contributed by atoms with Crippen molar-refractivity contribution in [2.45, 2.75) is 70.0 Å². The predicted molar refractivity (Wildman–Crippen MR) is 145 cm³/mol. The normalized spacial score (nSPS) is 21.8. The van der Waals surface area contributed by atoms with E-state index in [-0.39, 0.29) is 36.2 Å².